The maximum absolute atomic E-state index is 13.1. The van der Waals surface area contributed by atoms with Crippen LogP contribution in [-0.4, -0.2) is 41.5 Å². The van der Waals surface area contributed by atoms with Gasteiger partial charge >= 0.3 is 0 Å². The van der Waals surface area contributed by atoms with E-state index in [0.717, 1.165) is 55.0 Å². The van der Waals surface area contributed by atoms with Gasteiger partial charge in [0.05, 0.1) is 23.1 Å². The molecule has 1 aliphatic rings. The van der Waals surface area contributed by atoms with Gasteiger partial charge in [-0.05, 0) is 50.2 Å². The first-order chi connectivity index (χ1) is 12.2. The summed E-state index contributed by atoms with van der Waals surface area (Å²) in [4.78, 5) is 20.5. The molecule has 4 rings (SSSR count). The number of carbonyl (C=O) groups excluding carboxylic acids is 1. The highest BCUT2D eigenvalue weighted by molar-refractivity contribution is 7.08. The largest absolute Gasteiger partial charge is 0.329 e. The Morgan fingerprint density at radius 1 is 1.40 bits per heavy atom. The number of aryl methyl sites for hydroxylation is 2. The van der Waals surface area contributed by atoms with Crippen molar-refractivity contribution in [2.24, 2.45) is 0 Å². The number of carbonyl (C=O) groups is 1. The Hall–Kier alpha value is -2.35. The fourth-order valence-corrected chi connectivity index (χ4v) is 4.12. The number of piperidine rings is 1. The molecule has 0 aromatic carbocycles. The first-order valence-electron chi connectivity index (χ1n) is 8.62. The van der Waals surface area contributed by atoms with E-state index in [1.165, 1.54) is 11.5 Å². The van der Waals surface area contributed by atoms with Gasteiger partial charge in [0, 0.05) is 18.8 Å². The lowest BCUT2D eigenvalue weighted by Crippen LogP contribution is -2.39. The molecule has 0 spiro atoms. The minimum atomic E-state index is -0.00624. The summed E-state index contributed by atoms with van der Waals surface area (Å²) in [5.74, 6) is 0.0305. The van der Waals surface area contributed by atoms with E-state index in [9.17, 15) is 4.79 Å². The Morgan fingerprint density at radius 2 is 2.28 bits per heavy atom. The van der Waals surface area contributed by atoms with E-state index < -0.39 is 0 Å². The predicted octanol–water partition coefficient (Wildman–Crippen LogP) is 2.82. The van der Waals surface area contributed by atoms with E-state index in [-0.39, 0.29) is 11.9 Å². The molecule has 130 valence electrons. The zero-order valence-electron chi connectivity index (χ0n) is 14.3. The van der Waals surface area contributed by atoms with Crippen LogP contribution in [0.3, 0.4) is 0 Å². The molecule has 25 heavy (non-hydrogen) atoms. The minimum Gasteiger partial charge on any atom is -0.329 e. The van der Waals surface area contributed by atoms with Gasteiger partial charge in [-0.25, -0.2) is 9.50 Å². The Labute approximate surface area is 149 Å². The molecule has 0 aliphatic carbocycles. The molecule has 0 saturated carbocycles. The summed E-state index contributed by atoms with van der Waals surface area (Å²) in [5, 5.41) is 8.46. The molecule has 0 N–H and O–H groups in total. The predicted molar refractivity (Wildman–Crippen MR) is 94.6 cm³/mol. The average Bonchev–Trinajstić information content (AvgIpc) is 3.25. The number of hydrogen-bond donors (Lipinski definition) is 0. The second-order valence-corrected chi connectivity index (χ2v) is 7.11. The number of rotatable bonds is 3. The van der Waals surface area contributed by atoms with Gasteiger partial charge in [0.1, 0.15) is 4.88 Å². The summed E-state index contributed by atoms with van der Waals surface area (Å²) < 4.78 is 5.74. The molecule has 3 aromatic rings. The molecule has 8 heteroatoms. The minimum absolute atomic E-state index is 0.00624. The number of amides is 1. The van der Waals surface area contributed by atoms with Crippen molar-refractivity contribution in [3.8, 4) is 0 Å². The van der Waals surface area contributed by atoms with Crippen LogP contribution in [0.5, 0.6) is 0 Å². The van der Waals surface area contributed by atoms with Crippen LogP contribution in [0.2, 0.25) is 0 Å². The van der Waals surface area contributed by atoms with Crippen LogP contribution in [-0.2, 0) is 6.42 Å². The van der Waals surface area contributed by atoms with Crippen LogP contribution >= 0.6 is 11.5 Å². The van der Waals surface area contributed by atoms with Crippen LogP contribution in [0.15, 0.2) is 18.3 Å². The monoisotopic (exact) mass is 356 g/mol. The second kappa shape index (κ2) is 6.51. The number of nitrogens with zero attached hydrogens (tertiary/aromatic N) is 6. The van der Waals surface area contributed by atoms with E-state index in [1.807, 2.05) is 37.1 Å². The van der Waals surface area contributed by atoms with Gasteiger partial charge < -0.3 is 4.90 Å². The molecule has 1 atom stereocenters. The normalized spacial score (nSPS) is 18.0. The standard InChI is InChI=1S/C17H20N6OS/c1-3-12-16(25-21-19-12)17(24)22-8-5-4-6-14(22)13-7-9-23-15(18-13)10-11(2)20-23/h7,9-10,14H,3-6,8H2,1-2H3. The summed E-state index contributed by atoms with van der Waals surface area (Å²) in [6.07, 6.45) is 5.68. The first kappa shape index (κ1) is 16.1. The Balaban J connectivity index is 1.69. The van der Waals surface area contributed by atoms with Gasteiger partial charge in [-0.2, -0.15) is 5.10 Å². The van der Waals surface area contributed by atoms with Crippen molar-refractivity contribution >= 4 is 23.1 Å². The van der Waals surface area contributed by atoms with E-state index in [2.05, 4.69) is 14.7 Å². The topological polar surface area (TPSA) is 76.3 Å². The number of hydrogen-bond acceptors (Lipinski definition) is 6. The lowest BCUT2D eigenvalue weighted by molar-refractivity contribution is 0.0610. The van der Waals surface area contributed by atoms with Crippen molar-refractivity contribution in [2.45, 2.75) is 45.6 Å². The van der Waals surface area contributed by atoms with Gasteiger partial charge in [0.2, 0.25) is 0 Å². The van der Waals surface area contributed by atoms with Crippen molar-refractivity contribution in [3.63, 3.8) is 0 Å². The van der Waals surface area contributed by atoms with Crippen molar-refractivity contribution < 1.29 is 4.79 Å². The fourth-order valence-electron chi connectivity index (χ4n) is 3.41. The first-order valence-corrected chi connectivity index (χ1v) is 9.40. The summed E-state index contributed by atoms with van der Waals surface area (Å²) >= 11 is 1.19. The lowest BCUT2D eigenvalue weighted by Gasteiger charge is -2.35. The number of fused-ring (bicyclic) bond motifs is 1. The Morgan fingerprint density at radius 3 is 3.12 bits per heavy atom. The van der Waals surface area contributed by atoms with Crippen molar-refractivity contribution in [1.82, 2.24) is 29.1 Å². The van der Waals surface area contributed by atoms with Gasteiger partial charge in [0.25, 0.3) is 5.91 Å². The van der Waals surface area contributed by atoms with Crippen molar-refractivity contribution in [3.05, 3.63) is 40.3 Å². The summed E-state index contributed by atoms with van der Waals surface area (Å²) in [6, 6.07) is 3.93. The molecule has 0 bridgehead atoms. The Kier molecular flexibility index (Phi) is 4.20. The molecular weight excluding hydrogens is 336 g/mol. The van der Waals surface area contributed by atoms with Gasteiger partial charge in [-0.15, -0.1) is 5.10 Å². The van der Waals surface area contributed by atoms with Crippen LogP contribution < -0.4 is 0 Å². The highest BCUT2D eigenvalue weighted by Crippen LogP contribution is 2.32. The number of likely N-dealkylation sites (tertiary alicyclic amines) is 1. The van der Waals surface area contributed by atoms with Gasteiger partial charge in [-0.3, -0.25) is 4.79 Å². The molecule has 3 aromatic heterocycles. The second-order valence-electron chi connectivity index (χ2n) is 6.35. The zero-order chi connectivity index (χ0) is 17.4. The summed E-state index contributed by atoms with van der Waals surface area (Å²) in [5.41, 5.74) is 3.47. The molecular formula is C17H20N6OS. The van der Waals surface area contributed by atoms with Crippen LogP contribution in [0.25, 0.3) is 5.65 Å². The molecule has 0 radical (unpaired) electrons. The van der Waals surface area contributed by atoms with Gasteiger partial charge in [-0.1, -0.05) is 11.4 Å². The fraction of sp³-hybridized carbons (Fsp3) is 0.471. The average molecular weight is 356 g/mol. The quantitative estimate of drug-likeness (QED) is 0.721. The maximum atomic E-state index is 13.1. The highest BCUT2D eigenvalue weighted by atomic mass is 32.1. The molecule has 1 fully saturated rings. The van der Waals surface area contributed by atoms with Crippen LogP contribution in [0.1, 0.15) is 59.0 Å². The summed E-state index contributed by atoms with van der Waals surface area (Å²) in [7, 11) is 0. The molecule has 1 amide bonds. The van der Waals surface area contributed by atoms with E-state index >= 15 is 0 Å². The third kappa shape index (κ3) is 2.90. The van der Waals surface area contributed by atoms with Crippen molar-refractivity contribution in [1.29, 1.82) is 0 Å². The number of aromatic nitrogens is 5. The van der Waals surface area contributed by atoms with E-state index in [1.54, 1.807) is 4.52 Å². The third-order valence-electron chi connectivity index (χ3n) is 4.66. The molecule has 7 nitrogen and oxygen atoms in total. The van der Waals surface area contributed by atoms with Crippen molar-refractivity contribution in [2.75, 3.05) is 6.54 Å². The van der Waals surface area contributed by atoms with E-state index in [4.69, 9.17) is 4.98 Å². The molecule has 1 saturated heterocycles. The molecule has 1 unspecified atom stereocenters. The maximum Gasteiger partial charge on any atom is 0.268 e. The Bertz CT molecular complexity index is 917. The highest BCUT2D eigenvalue weighted by Gasteiger charge is 2.32. The van der Waals surface area contributed by atoms with Crippen LogP contribution in [0.4, 0.5) is 0 Å². The zero-order valence-corrected chi connectivity index (χ0v) is 15.2. The molecule has 4 heterocycles. The van der Waals surface area contributed by atoms with E-state index in [0.29, 0.717) is 4.88 Å². The van der Waals surface area contributed by atoms with Crippen LogP contribution in [0, 0.1) is 6.92 Å². The lowest BCUT2D eigenvalue weighted by atomic mass is 9.98. The van der Waals surface area contributed by atoms with Gasteiger partial charge in [0.15, 0.2) is 5.65 Å². The molecule has 1 aliphatic heterocycles. The third-order valence-corrected chi connectivity index (χ3v) is 5.41. The SMILES string of the molecule is CCc1nnsc1C(=O)N1CCCCC1c1ccn2nc(C)cc2n1. The summed E-state index contributed by atoms with van der Waals surface area (Å²) in [6.45, 7) is 4.70. The smallest absolute Gasteiger partial charge is 0.268 e.